The molecule has 0 aliphatic rings. The first kappa shape index (κ1) is 21.0. The standard InChI is InChI=1S/C18H18BrF3N2O3/c1-11-5-6-16(15(19)7-11)24-17(26)23-9-13(25)10-27-14-4-2-3-12(8-14)18(20,21)22/h2-8,13,25H,9-10H2,1H3,(H2,23,24,26). The SMILES string of the molecule is Cc1ccc(NC(=O)NCC(O)COc2cccc(C(F)(F)F)c2)c(Br)c1. The first-order chi connectivity index (χ1) is 12.6. The highest BCUT2D eigenvalue weighted by molar-refractivity contribution is 9.10. The summed E-state index contributed by atoms with van der Waals surface area (Å²) in [5.74, 6) is -0.0167. The number of nitrogens with one attached hydrogen (secondary N) is 2. The van der Waals surface area contributed by atoms with Gasteiger partial charge in [0, 0.05) is 11.0 Å². The van der Waals surface area contributed by atoms with Gasteiger partial charge in [-0.1, -0.05) is 12.1 Å². The van der Waals surface area contributed by atoms with Gasteiger partial charge in [-0.25, -0.2) is 4.79 Å². The Balaban J connectivity index is 1.79. The summed E-state index contributed by atoms with van der Waals surface area (Å²) in [5.41, 5.74) is 0.749. The number of rotatable bonds is 6. The number of carbonyl (C=O) groups excluding carboxylic acids is 1. The van der Waals surface area contributed by atoms with E-state index in [1.807, 2.05) is 19.1 Å². The van der Waals surface area contributed by atoms with Crippen LogP contribution in [0.15, 0.2) is 46.9 Å². The van der Waals surface area contributed by atoms with Crippen LogP contribution in [-0.4, -0.2) is 30.4 Å². The molecule has 2 amide bonds. The van der Waals surface area contributed by atoms with E-state index in [2.05, 4.69) is 26.6 Å². The van der Waals surface area contributed by atoms with E-state index in [9.17, 15) is 23.1 Å². The predicted molar refractivity (Wildman–Crippen MR) is 98.8 cm³/mol. The summed E-state index contributed by atoms with van der Waals surface area (Å²) in [6.45, 7) is 1.51. The molecule has 2 aromatic rings. The van der Waals surface area contributed by atoms with Gasteiger partial charge in [0.1, 0.15) is 18.5 Å². The molecule has 1 atom stereocenters. The van der Waals surface area contributed by atoms with Crippen LogP contribution in [0.4, 0.5) is 23.7 Å². The Bertz CT molecular complexity index is 800. The molecule has 146 valence electrons. The second-order valence-corrected chi connectivity index (χ2v) is 6.66. The zero-order valence-electron chi connectivity index (χ0n) is 14.3. The van der Waals surface area contributed by atoms with Crippen molar-refractivity contribution < 1.29 is 27.8 Å². The van der Waals surface area contributed by atoms with Crippen LogP contribution in [0.2, 0.25) is 0 Å². The van der Waals surface area contributed by atoms with Crippen LogP contribution in [0.25, 0.3) is 0 Å². The van der Waals surface area contributed by atoms with Crippen molar-refractivity contribution in [3.63, 3.8) is 0 Å². The zero-order valence-corrected chi connectivity index (χ0v) is 15.9. The lowest BCUT2D eigenvalue weighted by Crippen LogP contribution is -2.37. The molecule has 0 saturated carbocycles. The van der Waals surface area contributed by atoms with Crippen LogP contribution in [0.5, 0.6) is 5.75 Å². The molecular formula is C18H18BrF3N2O3. The van der Waals surface area contributed by atoms with E-state index in [1.165, 1.54) is 12.1 Å². The highest BCUT2D eigenvalue weighted by Crippen LogP contribution is 2.31. The Morgan fingerprint density at radius 2 is 2.00 bits per heavy atom. The van der Waals surface area contributed by atoms with E-state index < -0.39 is 23.9 Å². The molecule has 0 spiro atoms. The Morgan fingerprint density at radius 1 is 1.26 bits per heavy atom. The van der Waals surface area contributed by atoms with Crippen LogP contribution < -0.4 is 15.4 Å². The Labute approximate surface area is 162 Å². The summed E-state index contributed by atoms with van der Waals surface area (Å²) in [5, 5.41) is 14.9. The van der Waals surface area contributed by atoms with Crippen molar-refractivity contribution >= 4 is 27.6 Å². The Morgan fingerprint density at radius 3 is 2.67 bits per heavy atom. The second kappa shape index (κ2) is 9.09. The number of benzene rings is 2. The average Bonchev–Trinajstić information content (AvgIpc) is 2.60. The van der Waals surface area contributed by atoms with E-state index in [1.54, 1.807) is 6.07 Å². The van der Waals surface area contributed by atoms with Gasteiger partial charge in [0.25, 0.3) is 0 Å². The van der Waals surface area contributed by atoms with Crippen molar-refractivity contribution in [3.8, 4) is 5.75 Å². The van der Waals surface area contributed by atoms with Crippen LogP contribution in [-0.2, 0) is 6.18 Å². The minimum Gasteiger partial charge on any atom is -0.491 e. The number of aliphatic hydroxyl groups is 1. The quantitative estimate of drug-likeness (QED) is 0.617. The van der Waals surface area contributed by atoms with Crippen molar-refractivity contribution in [2.75, 3.05) is 18.5 Å². The van der Waals surface area contributed by atoms with Gasteiger partial charge in [0.2, 0.25) is 0 Å². The van der Waals surface area contributed by atoms with Gasteiger partial charge in [-0.3, -0.25) is 0 Å². The molecule has 2 aromatic carbocycles. The van der Waals surface area contributed by atoms with Gasteiger partial charge < -0.3 is 20.5 Å². The Hall–Kier alpha value is -2.26. The molecule has 0 heterocycles. The number of carbonyl (C=O) groups is 1. The highest BCUT2D eigenvalue weighted by Gasteiger charge is 2.30. The number of urea groups is 1. The van der Waals surface area contributed by atoms with Crippen LogP contribution in [0.3, 0.4) is 0 Å². The second-order valence-electron chi connectivity index (χ2n) is 5.81. The molecule has 5 nitrogen and oxygen atoms in total. The first-order valence-electron chi connectivity index (χ1n) is 7.94. The van der Waals surface area contributed by atoms with E-state index in [-0.39, 0.29) is 18.9 Å². The summed E-state index contributed by atoms with van der Waals surface area (Å²) in [6, 6.07) is 9.22. The van der Waals surface area contributed by atoms with Crippen LogP contribution in [0.1, 0.15) is 11.1 Å². The summed E-state index contributed by atoms with van der Waals surface area (Å²) in [4.78, 5) is 11.9. The van der Waals surface area contributed by atoms with Crippen molar-refractivity contribution in [2.24, 2.45) is 0 Å². The monoisotopic (exact) mass is 446 g/mol. The summed E-state index contributed by atoms with van der Waals surface area (Å²) >= 11 is 3.33. The van der Waals surface area contributed by atoms with Gasteiger partial charge in [-0.2, -0.15) is 13.2 Å². The maximum atomic E-state index is 12.6. The molecule has 0 radical (unpaired) electrons. The molecule has 27 heavy (non-hydrogen) atoms. The fraction of sp³-hybridized carbons (Fsp3) is 0.278. The largest absolute Gasteiger partial charge is 0.491 e. The molecule has 0 bridgehead atoms. The highest BCUT2D eigenvalue weighted by atomic mass is 79.9. The smallest absolute Gasteiger partial charge is 0.416 e. The number of aryl methyl sites for hydroxylation is 1. The third kappa shape index (κ3) is 6.76. The molecule has 0 aromatic heterocycles. The van der Waals surface area contributed by atoms with E-state index in [0.29, 0.717) is 10.2 Å². The van der Waals surface area contributed by atoms with Gasteiger partial charge in [0.05, 0.1) is 11.3 Å². The van der Waals surface area contributed by atoms with Gasteiger partial charge in [0.15, 0.2) is 0 Å². The maximum absolute atomic E-state index is 12.6. The van der Waals surface area contributed by atoms with Crippen molar-refractivity contribution in [1.29, 1.82) is 0 Å². The first-order valence-corrected chi connectivity index (χ1v) is 8.73. The topological polar surface area (TPSA) is 70.6 Å². The Kier molecular flexibility index (Phi) is 7.09. The maximum Gasteiger partial charge on any atom is 0.416 e. The van der Waals surface area contributed by atoms with E-state index in [0.717, 1.165) is 17.7 Å². The number of anilines is 1. The van der Waals surface area contributed by atoms with E-state index >= 15 is 0 Å². The third-order valence-corrected chi connectivity index (χ3v) is 4.13. The third-order valence-electron chi connectivity index (χ3n) is 3.47. The molecule has 0 fully saturated rings. The minimum atomic E-state index is -4.47. The molecule has 3 N–H and O–H groups in total. The molecule has 1 unspecified atom stereocenters. The number of hydrogen-bond donors (Lipinski definition) is 3. The fourth-order valence-corrected chi connectivity index (χ4v) is 2.70. The normalized spacial score (nSPS) is 12.4. The van der Waals surface area contributed by atoms with Gasteiger partial charge in [-0.15, -0.1) is 0 Å². The number of aliphatic hydroxyl groups excluding tert-OH is 1. The lowest BCUT2D eigenvalue weighted by atomic mass is 10.2. The predicted octanol–water partition coefficient (Wildman–Crippen LogP) is 4.34. The number of ether oxygens (including phenoxy) is 1. The lowest BCUT2D eigenvalue weighted by molar-refractivity contribution is -0.137. The van der Waals surface area contributed by atoms with Gasteiger partial charge >= 0.3 is 12.2 Å². The van der Waals surface area contributed by atoms with Crippen molar-refractivity contribution in [2.45, 2.75) is 19.2 Å². The van der Waals surface area contributed by atoms with E-state index in [4.69, 9.17) is 4.74 Å². The zero-order chi connectivity index (χ0) is 20.0. The molecule has 9 heteroatoms. The number of amides is 2. The van der Waals surface area contributed by atoms with Crippen molar-refractivity contribution in [3.05, 3.63) is 58.1 Å². The average molecular weight is 447 g/mol. The summed E-state index contributed by atoms with van der Waals surface area (Å²) in [6.07, 6.45) is -5.56. The molecule has 2 rings (SSSR count). The lowest BCUT2D eigenvalue weighted by Gasteiger charge is -2.15. The molecule has 0 aliphatic carbocycles. The summed E-state index contributed by atoms with van der Waals surface area (Å²) in [7, 11) is 0. The number of alkyl halides is 3. The summed E-state index contributed by atoms with van der Waals surface area (Å²) < 4.78 is 43.8. The minimum absolute atomic E-state index is 0.0167. The van der Waals surface area contributed by atoms with Gasteiger partial charge in [-0.05, 0) is 58.7 Å². The molecule has 0 saturated heterocycles. The number of halogens is 4. The van der Waals surface area contributed by atoms with Crippen molar-refractivity contribution in [1.82, 2.24) is 5.32 Å². The molecular weight excluding hydrogens is 429 g/mol. The molecule has 0 aliphatic heterocycles. The van der Waals surface area contributed by atoms with Crippen LogP contribution >= 0.6 is 15.9 Å². The number of hydrogen-bond acceptors (Lipinski definition) is 3. The fourth-order valence-electron chi connectivity index (χ4n) is 2.11. The van der Waals surface area contributed by atoms with Crippen LogP contribution in [0, 0.1) is 6.92 Å².